The van der Waals surface area contributed by atoms with Crippen molar-refractivity contribution in [3.05, 3.63) is 28.2 Å². The van der Waals surface area contributed by atoms with Gasteiger partial charge in [-0.3, -0.25) is 0 Å². The maximum Gasteiger partial charge on any atom is 0.328 e. The second kappa shape index (κ2) is 5.40. The first-order valence-electron chi connectivity index (χ1n) is 5.58. The molecule has 6 nitrogen and oxygen atoms in total. The van der Waals surface area contributed by atoms with Gasteiger partial charge < -0.3 is 15.4 Å². The van der Waals surface area contributed by atoms with Gasteiger partial charge in [0.25, 0.3) is 0 Å². The molecule has 0 atom stereocenters. The molecule has 0 saturated heterocycles. The highest BCUT2D eigenvalue weighted by atomic mass is 79.9. The predicted molar refractivity (Wildman–Crippen MR) is 77.5 cm³/mol. The van der Waals surface area contributed by atoms with Gasteiger partial charge in [-0.1, -0.05) is 15.9 Å². The summed E-state index contributed by atoms with van der Waals surface area (Å²) in [5.74, 6) is 1.23. The highest BCUT2D eigenvalue weighted by Crippen LogP contribution is 2.25. The minimum atomic E-state index is 0.127. The van der Waals surface area contributed by atoms with Gasteiger partial charge in [0.2, 0.25) is 11.9 Å². The summed E-state index contributed by atoms with van der Waals surface area (Å²) in [5.41, 5.74) is 6.69. The molecule has 1 aromatic carbocycles. The van der Waals surface area contributed by atoms with Gasteiger partial charge >= 0.3 is 6.01 Å². The maximum absolute atomic E-state index is 5.63. The molecule has 2 N–H and O–H groups in total. The number of hydrogen-bond acceptors (Lipinski definition) is 6. The molecule has 0 saturated carbocycles. The van der Waals surface area contributed by atoms with Crippen LogP contribution in [0, 0.1) is 6.92 Å². The van der Waals surface area contributed by atoms with Crippen molar-refractivity contribution in [1.82, 2.24) is 15.0 Å². The molecule has 0 spiro atoms. The van der Waals surface area contributed by atoms with E-state index < -0.39 is 0 Å². The zero-order valence-electron chi connectivity index (χ0n) is 10.9. The highest BCUT2D eigenvalue weighted by molar-refractivity contribution is 9.10. The average molecular weight is 324 g/mol. The Kier molecular flexibility index (Phi) is 3.84. The molecule has 1 aromatic heterocycles. The predicted octanol–water partition coefficient (Wildman–Crippen LogP) is 2.38. The summed E-state index contributed by atoms with van der Waals surface area (Å²) in [6.07, 6.45) is 0. The molecule has 1 heterocycles. The van der Waals surface area contributed by atoms with Gasteiger partial charge in [-0.2, -0.15) is 15.0 Å². The minimum Gasteiger partial charge on any atom is -0.424 e. The fraction of sp³-hybridized carbons (Fsp3) is 0.250. The topological polar surface area (TPSA) is 77.2 Å². The lowest BCUT2D eigenvalue weighted by Gasteiger charge is -2.11. The third-order valence-electron chi connectivity index (χ3n) is 2.36. The summed E-state index contributed by atoms with van der Waals surface area (Å²) in [6, 6.07) is 5.80. The van der Waals surface area contributed by atoms with E-state index in [9.17, 15) is 0 Å². The Hall–Kier alpha value is -1.89. The lowest BCUT2D eigenvalue weighted by Crippen LogP contribution is -2.15. The number of rotatable bonds is 3. The van der Waals surface area contributed by atoms with Crippen molar-refractivity contribution >= 4 is 27.8 Å². The standard InChI is InChI=1S/C12H14BrN5O/c1-7-6-8(4-5-9(7)13)19-12-16-10(14)15-11(17-12)18(2)3/h4-6H,1-3H3,(H2,14,15,16,17). The normalized spacial score (nSPS) is 10.3. The molecule has 19 heavy (non-hydrogen) atoms. The van der Waals surface area contributed by atoms with Crippen LogP contribution in [0.5, 0.6) is 11.8 Å². The van der Waals surface area contributed by atoms with Gasteiger partial charge in [0.1, 0.15) is 5.75 Å². The van der Waals surface area contributed by atoms with Crippen LogP contribution in [0.25, 0.3) is 0 Å². The molecule has 0 bridgehead atoms. The fourth-order valence-electron chi connectivity index (χ4n) is 1.39. The van der Waals surface area contributed by atoms with Crippen molar-refractivity contribution in [3.63, 3.8) is 0 Å². The Balaban J connectivity index is 2.29. The van der Waals surface area contributed by atoms with Crippen molar-refractivity contribution in [2.75, 3.05) is 24.7 Å². The summed E-state index contributed by atoms with van der Waals surface area (Å²) in [7, 11) is 3.64. The Labute approximate surface area is 119 Å². The first-order chi connectivity index (χ1) is 8.95. The molecule has 7 heteroatoms. The molecular weight excluding hydrogens is 310 g/mol. The maximum atomic E-state index is 5.63. The Morgan fingerprint density at radius 1 is 1.21 bits per heavy atom. The van der Waals surface area contributed by atoms with E-state index in [-0.39, 0.29) is 12.0 Å². The molecule has 2 rings (SSSR count). The van der Waals surface area contributed by atoms with Crippen LogP contribution in [-0.4, -0.2) is 29.0 Å². The Bertz CT molecular complexity index is 603. The van der Waals surface area contributed by atoms with Crippen molar-refractivity contribution in [1.29, 1.82) is 0 Å². The van der Waals surface area contributed by atoms with Crippen LogP contribution < -0.4 is 15.4 Å². The van der Waals surface area contributed by atoms with Crippen LogP contribution in [0.4, 0.5) is 11.9 Å². The second-order valence-electron chi connectivity index (χ2n) is 4.18. The highest BCUT2D eigenvalue weighted by Gasteiger charge is 2.08. The van der Waals surface area contributed by atoms with Gasteiger partial charge in [0, 0.05) is 18.6 Å². The molecule has 2 aromatic rings. The van der Waals surface area contributed by atoms with E-state index in [1.54, 1.807) is 4.90 Å². The SMILES string of the molecule is Cc1cc(Oc2nc(N)nc(N(C)C)n2)ccc1Br. The van der Waals surface area contributed by atoms with Gasteiger partial charge in [0.05, 0.1) is 0 Å². The lowest BCUT2D eigenvalue weighted by atomic mass is 10.2. The van der Waals surface area contributed by atoms with Crippen LogP contribution in [0.3, 0.4) is 0 Å². The molecule has 0 aliphatic rings. The summed E-state index contributed by atoms with van der Waals surface area (Å²) in [5, 5.41) is 0. The van der Waals surface area contributed by atoms with E-state index in [1.807, 2.05) is 39.2 Å². The van der Waals surface area contributed by atoms with E-state index in [1.165, 1.54) is 0 Å². The first-order valence-corrected chi connectivity index (χ1v) is 6.38. The second-order valence-corrected chi connectivity index (χ2v) is 5.04. The molecular formula is C12H14BrN5O. The number of nitrogens with two attached hydrogens (primary N) is 1. The summed E-state index contributed by atoms with van der Waals surface area (Å²) >= 11 is 3.43. The summed E-state index contributed by atoms with van der Waals surface area (Å²) in [4.78, 5) is 13.9. The molecule has 0 amide bonds. The number of halogens is 1. The van der Waals surface area contributed by atoms with Crippen LogP contribution in [-0.2, 0) is 0 Å². The fourth-order valence-corrected chi connectivity index (χ4v) is 1.64. The van der Waals surface area contributed by atoms with Crippen molar-refractivity contribution < 1.29 is 4.74 Å². The molecule has 0 aliphatic carbocycles. The third-order valence-corrected chi connectivity index (χ3v) is 3.25. The quantitative estimate of drug-likeness (QED) is 0.934. The van der Waals surface area contributed by atoms with E-state index in [2.05, 4.69) is 30.9 Å². The number of nitrogen functional groups attached to an aromatic ring is 1. The zero-order chi connectivity index (χ0) is 14.0. The number of hydrogen-bond donors (Lipinski definition) is 1. The summed E-state index contributed by atoms with van der Waals surface area (Å²) < 4.78 is 6.61. The van der Waals surface area contributed by atoms with Crippen molar-refractivity contribution in [3.8, 4) is 11.8 Å². The lowest BCUT2D eigenvalue weighted by molar-refractivity contribution is 0.440. The van der Waals surface area contributed by atoms with Crippen LogP contribution in [0.2, 0.25) is 0 Å². The number of anilines is 2. The summed E-state index contributed by atoms with van der Waals surface area (Å²) in [6.45, 7) is 1.98. The number of benzene rings is 1. The third kappa shape index (κ3) is 3.31. The van der Waals surface area contributed by atoms with Gasteiger partial charge in [-0.25, -0.2) is 0 Å². The van der Waals surface area contributed by atoms with Gasteiger partial charge in [-0.15, -0.1) is 0 Å². The van der Waals surface area contributed by atoms with E-state index in [4.69, 9.17) is 10.5 Å². The monoisotopic (exact) mass is 323 g/mol. The van der Waals surface area contributed by atoms with Gasteiger partial charge in [-0.05, 0) is 30.7 Å². The van der Waals surface area contributed by atoms with Crippen LogP contribution in [0.15, 0.2) is 22.7 Å². The smallest absolute Gasteiger partial charge is 0.328 e. The van der Waals surface area contributed by atoms with E-state index in [0.717, 1.165) is 10.0 Å². The van der Waals surface area contributed by atoms with E-state index in [0.29, 0.717) is 11.7 Å². The van der Waals surface area contributed by atoms with Gasteiger partial charge in [0.15, 0.2) is 0 Å². The number of ether oxygens (including phenoxy) is 1. The molecule has 0 radical (unpaired) electrons. The molecule has 0 fully saturated rings. The average Bonchev–Trinajstić information content (AvgIpc) is 2.33. The largest absolute Gasteiger partial charge is 0.424 e. The first kappa shape index (κ1) is 13.5. The molecule has 0 aliphatic heterocycles. The minimum absolute atomic E-state index is 0.127. The Morgan fingerprint density at radius 2 is 1.95 bits per heavy atom. The Morgan fingerprint density at radius 3 is 2.58 bits per heavy atom. The number of aromatic nitrogens is 3. The van der Waals surface area contributed by atoms with Crippen LogP contribution >= 0.6 is 15.9 Å². The van der Waals surface area contributed by atoms with Crippen molar-refractivity contribution in [2.24, 2.45) is 0 Å². The zero-order valence-corrected chi connectivity index (χ0v) is 12.5. The van der Waals surface area contributed by atoms with Crippen molar-refractivity contribution in [2.45, 2.75) is 6.92 Å². The number of aryl methyl sites for hydroxylation is 1. The van der Waals surface area contributed by atoms with Crippen LogP contribution in [0.1, 0.15) is 5.56 Å². The molecule has 0 unspecified atom stereocenters. The van der Waals surface area contributed by atoms with E-state index >= 15 is 0 Å². The molecule has 100 valence electrons. The number of nitrogens with zero attached hydrogens (tertiary/aromatic N) is 4.